The van der Waals surface area contributed by atoms with Gasteiger partial charge < -0.3 is 10.6 Å². The SMILES string of the molecule is CCNc1cc(Nc2ccc3ncccc3c2)nc(C)n1. The number of benzene rings is 1. The number of aromatic nitrogens is 3. The molecule has 106 valence electrons. The molecule has 0 aliphatic rings. The third kappa shape index (κ3) is 3.08. The highest BCUT2D eigenvalue weighted by atomic mass is 15.1. The molecule has 0 aliphatic carbocycles. The molecular weight excluding hydrogens is 262 g/mol. The van der Waals surface area contributed by atoms with E-state index in [0.29, 0.717) is 0 Å². The van der Waals surface area contributed by atoms with Gasteiger partial charge in [0, 0.05) is 29.9 Å². The fourth-order valence-corrected chi connectivity index (χ4v) is 2.20. The fraction of sp³-hybridized carbons (Fsp3) is 0.188. The third-order valence-corrected chi connectivity index (χ3v) is 3.07. The molecule has 0 radical (unpaired) electrons. The smallest absolute Gasteiger partial charge is 0.136 e. The Morgan fingerprint density at radius 3 is 2.76 bits per heavy atom. The highest BCUT2D eigenvalue weighted by molar-refractivity contribution is 5.83. The molecule has 0 saturated carbocycles. The summed E-state index contributed by atoms with van der Waals surface area (Å²) in [5.41, 5.74) is 1.96. The topological polar surface area (TPSA) is 62.7 Å². The zero-order valence-corrected chi connectivity index (χ0v) is 12.1. The maximum atomic E-state index is 4.41. The average molecular weight is 279 g/mol. The molecule has 5 heteroatoms. The molecule has 0 bridgehead atoms. The van der Waals surface area contributed by atoms with Gasteiger partial charge in [-0.25, -0.2) is 9.97 Å². The largest absolute Gasteiger partial charge is 0.370 e. The number of nitrogens with one attached hydrogen (secondary N) is 2. The minimum atomic E-state index is 0.735. The van der Waals surface area contributed by atoms with Crippen molar-refractivity contribution in [1.82, 2.24) is 15.0 Å². The summed E-state index contributed by atoms with van der Waals surface area (Å²) in [6, 6.07) is 11.9. The summed E-state index contributed by atoms with van der Waals surface area (Å²) in [6.45, 7) is 4.76. The van der Waals surface area contributed by atoms with E-state index in [0.717, 1.165) is 40.6 Å². The van der Waals surface area contributed by atoms with Crippen LogP contribution in [0.15, 0.2) is 42.6 Å². The third-order valence-electron chi connectivity index (χ3n) is 3.07. The van der Waals surface area contributed by atoms with Crippen molar-refractivity contribution < 1.29 is 0 Å². The Kier molecular flexibility index (Phi) is 3.64. The molecule has 0 amide bonds. The van der Waals surface area contributed by atoms with Gasteiger partial charge >= 0.3 is 0 Å². The van der Waals surface area contributed by atoms with E-state index in [1.54, 1.807) is 6.20 Å². The van der Waals surface area contributed by atoms with Gasteiger partial charge in [0.15, 0.2) is 0 Å². The Hall–Kier alpha value is -2.69. The first-order valence-electron chi connectivity index (χ1n) is 6.96. The van der Waals surface area contributed by atoms with Gasteiger partial charge in [0.2, 0.25) is 0 Å². The standard InChI is InChI=1S/C16H17N5/c1-3-17-15-10-16(20-11(2)19-15)21-13-6-7-14-12(9-13)5-4-8-18-14/h4-10H,3H2,1-2H3,(H2,17,19,20,21). The van der Waals surface area contributed by atoms with Gasteiger partial charge in [-0.3, -0.25) is 4.98 Å². The molecule has 2 N–H and O–H groups in total. The number of pyridine rings is 1. The van der Waals surface area contributed by atoms with E-state index in [-0.39, 0.29) is 0 Å². The van der Waals surface area contributed by atoms with E-state index in [4.69, 9.17) is 0 Å². The van der Waals surface area contributed by atoms with Crippen LogP contribution in [-0.2, 0) is 0 Å². The Bertz CT molecular complexity index is 769. The van der Waals surface area contributed by atoms with Gasteiger partial charge in [0.05, 0.1) is 5.52 Å². The van der Waals surface area contributed by atoms with Gasteiger partial charge in [-0.1, -0.05) is 6.07 Å². The van der Waals surface area contributed by atoms with Crippen molar-refractivity contribution in [3.8, 4) is 0 Å². The lowest BCUT2D eigenvalue weighted by molar-refractivity contribution is 1.04. The van der Waals surface area contributed by atoms with E-state index in [2.05, 4.69) is 31.7 Å². The van der Waals surface area contributed by atoms with Gasteiger partial charge in [0.1, 0.15) is 17.5 Å². The van der Waals surface area contributed by atoms with Crippen LogP contribution in [0.1, 0.15) is 12.7 Å². The fourth-order valence-electron chi connectivity index (χ4n) is 2.20. The molecule has 3 aromatic rings. The van der Waals surface area contributed by atoms with E-state index in [1.165, 1.54) is 0 Å². The molecule has 2 aromatic heterocycles. The average Bonchev–Trinajstić information content (AvgIpc) is 2.47. The lowest BCUT2D eigenvalue weighted by atomic mass is 10.2. The number of nitrogens with zero attached hydrogens (tertiary/aromatic N) is 3. The molecular formula is C16H17N5. The summed E-state index contributed by atoms with van der Waals surface area (Å²) in [6.07, 6.45) is 1.80. The summed E-state index contributed by atoms with van der Waals surface area (Å²) in [5.74, 6) is 2.34. The highest BCUT2D eigenvalue weighted by Gasteiger charge is 2.03. The van der Waals surface area contributed by atoms with Crippen molar-refractivity contribution in [2.45, 2.75) is 13.8 Å². The molecule has 0 fully saturated rings. The second kappa shape index (κ2) is 5.75. The normalized spacial score (nSPS) is 10.6. The summed E-state index contributed by atoms with van der Waals surface area (Å²) >= 11 is 0. The quantitative estimate of drug-likeness (QED) is 0.765. The molecule has 5 nitrogen and oxygen atoms in total. The number of fused-ring (bicyclic) bond motifs is 1. The lowest BCUT2D eigenvalue weighted by Gasteiger charge is -2.09. The Morgan fingerprint density at radius 2 is 1.90 bits per heavy atom. The predicted octanol–water partition coefficient (Wildman–Crippen LogP) is 3.51. The van der Waals surface area contributed by atoms with Crippen LogP contribution in [0.3, 0.4) is 0 Å². The second-order valence-corrected chi connectivity index (χ2v) is 4.75. The lowest BCUT2D eigenvalue weighted by Crippen LogP contribution is -2.04. The minimum absolute atomic E-state index is 0.735. The van der Waals surface area contributed by atoms with Crippen LogP contribution >= 0.6 is 0 Å². The maximum absolute atomic E-state index is 4.41. The van der Waals surface area contributed by atoms with Crippen LogP contribution in [0, 0.1) is 6.92 Å². The molecule has 0 spiro atoms. The predicted molar refractivity (Wildman–Crippen MR) is 86.0 cm³/mol. The Morgan fingerprint density at radius 1 is 1.05 bits per heavy atom. The molecule has 21 heavy (non-hydrogen) atoms. The number of hydrogen-bond acceptors (Lipinski definition) is 5. The first kappa shape index (κ1) is 13.3. The Balaban J connectivity index is 1.90. The maximum Gasteiger partial charge on any atom is 0.136 e. The summed E-state index contributed by atoms with van der Waals surface area (Å²) < 4.78 is 0. The number of hydrogen-bond donors (Lipinski definition) is 2. The molecule has 0 unspecified atom stereocenters. The number of aryl methyl sites for hydroxylation is 1. The molecule has 0 aliphatic heterocycles. The van der Waals surface area contributed by atoms with Crippen LogP contribution < -0.4 is 10.6 Å². The van der Waals surface area contributed by atoms with Crippen molar-refractivity contribution in [1.29, 1.82) is 0 Å². The zero-order chi connectivity index (χ0) is 14.7. The second-order valence-electron chi connectivity index (χ2n) is 4.75. The van der Waals surface area contributed by atoms with E-state index >= 15 is 0 Å². The van der Waals surface area contributed by atoms with E-state index in [1.807, 2.05) is 44.2 Å². The van der Waals surface area contributed by atoms with Gasteiger partial charge in [-0.05, 0) is 38.1 Å². The number of rotatable bonds is 4. The summed E-state index contributed by atoms with van der Waals surface area (Å²) in [7, 11) is 0. The van der Waals surface area contributed by atoms with E-state index < -0.39 is 0 Å². The van der Waals surface area contributed by atoms with Gasteiger partial charge in [-0.15, -0.1) is 0 Å². The van der Waals surface area contributed by atoms with Gasteiger partial charge in [-0.2, -0.15) is 0 Å². The molecule has 1 aromatic carbocycles. The first-order chi connectivity index (χ1) is 10.2. The van der Waals surface area contributed by atoms with E-state index in [9.17, 15) is 0 Å². The molecule has 0 atom stereocenters. The molecule has 2 heterocycles. The summed E-state index contributed by atoms with van der Waals surface area (Å²) in [5, 5.41) is 7.62. The van der Waals surface area contributed by atoms with Crippen LogP contribution in [0.5, 0.6) is 0 Å². The van der Waals surface area contributed by atoms with Crippen molar-refractivity contribution in [3.05, 3.63) is 48.4 Å². The van der Waals surface area contributed by atoms with Crippen molar-refractivity contribution >= 4 is 28.2 Å². The van der Waals surface area contributed by atoms with Gasteiger partial charge in [0.25, 0.3) is 0 Å². The molecule has 3 rings (SSSR count). The number of anilines is 3. The van der Waals surface area contributed by atoms with Crippen molar-refractivity contribution in [2.75, 3.05) is 17.2 Å². The Labute approximate surface area is 123 Å². The molecule has 0 saturated heterocycles. The van der Waals surface area contributed by atoms with Crippen molar-refractivity contribution in [2.24, 2.45) is 0 Å². The zero-order valence-electron chi connectivity index (χ0n) is 12.1. The monoisotopic (exact) mass is 279 g/mol. The van der Waals surface area contributed by atoms with Crippen LogP contribution in [-0.4, -0.2) is 21.5 Å². The van der Waals surface area contributed by atoms with Crippen LogP contribution in [0.2, 0.25) is 0 Å². The first-order valence-corrected chi connectivity index (χ1v) is 6.96. The summed E-state index contributed by atoms with van der Waals surface area (Å²) in [4.78, 5) is 13.1. The highest BCUT2D eigenvalue weighted by Crippen LogP contribution is 2.21. The van der Waals surface area contributed by atoms with Crippen molar-refractivity contribution in [3.63, 3.8) is 0 Å². The van der Waals surface area contributed by atoms with Crippen LogP contribution in [0.25, 0.3) is 10.9 Å². The van der Waals surface area contributed by atoms with Crippen LogP contribution in [0.4, 0.5) is 17.3 Å². The minimum Gasteiger partial charge on any atom is -0.370 e.